The molecule has 12 heteroatoms. The molecule has 2 amide bonds. The molecule has 0 saturated carbocycles. The van der Waals surface area contributed by atoms with Crippen molar-refractivity contribution >= 4 is 29.1 Å². The van der Waals surface area contributed by atoms with Gasteiger partial charge in [-0.1, -0.05) is 85.6 Å². The average molecular weight is 798 g/mol. The number of amides is 2. The monoisotopic (exact) mass is 797 g/mol. The molecule has 0 spiro atoms. The van der Waals surface area contributed by atoms with Gasteiger partial charge in [-0.25, -0.2) is 9.97 Å². The molecule has 2 aliphatic heterocycles. The number of benzene rings is 4. The van der Waals surface area contributed by atoms with E-state index in [0.29, 0.717) is 37.2 Å². The van der Waals surface area contributed by atoms with Gasteiger partial charge >= 0.3 is 0 Å². The maximum Gasteiger partial charge on any atom is 0.225 e. The summed E-state index contributed by atoms with van der Waals surface area (Å²) in [5.74, 6) is 0.736. The third kappa shape index (κ3) is 12.0. The Hall–Kier alpha value is -5.66. The van der Waals surface area contributed by atoms with Gasteiger partial charge in [-0.2, -0.15) is 0 Å². The molecule has 2 fully saturated rings. The van der Waals surface area contributed by atoms with Crippen molar-refractivity contribution in [2.75, 3.05) is 48.7 Å². The largest absolute Gasteiger partial charge is 0.397 e. The molecular formula is C47H55N7O5. The van der Waals surface area contributed by atoms with Crippen molar-refractivity contribution in [1.82, 2.24) is 20.2 Å². The standard InChI is InChI=1S/C47H55N7O5/c48-41-14-5-6-15-42(41)52-45(57)17-4-2-1-3-16-44(56)51-31-35-10-7-11-37(28-35)38-12-8-13-39(29-38)46-58-40(30-43(59-46)36-20-18-34(33-55)19-21-36)32-53-24-26-54(27-25-53)47-49-22-9-23-50-47/h5-15,18-23,28-29,40,43,46,55H,1-4,16-17,24-27,30-33,48H2,(H,51,56)(H,52,57). The van der Waals surface area contributed by atoms with E-state index in [1.54, 1.807) is 24.5 Å². The Balaban J connectivity index is 0.915. The number of rotatable bonds is 17. The van der Waals surface area contributed by atoms with E-state index in [4.69, 9.17) is 15.2 Å². The lowest BCUT2D eigenvalue weighted by Gasteiger charge is -2.40. The number of aliphatic hydroxyl groups is 1. The van der Waals surface area contributed by atoms with Gasteiger partial charge in [-0.05, 0) is 71.0 Å². The summed E-state index contributed by atoms with van der Waals surface area (Å²) >= 11 is 0. The number of nitrogens with one attached hydrogen (secondary N) is 2. The Labute approximate surface area is 346 Å². The molecule has 59 heavy (non-hydrogen) atoms. The predicted octanol–water partition coefficient (Wildman–Crippen LogP) is 7.18. The van der Waals surface area contributed by atoms with Crippen LogP contribution in [-0.4, -0.2) is 70.6 Å². The van der Waals surface area contributed by atoms with Crippen LogP contribution in [0.4, 0.5) is 17.3 Å². The van der Waals surface area contributed by atoms with Crippen LogP contribution in [0.3, 0.4) is 0 Å². The minimum absolute atomic E-state index is 0.00250. The SMILES string of the molecule is Nc1ccccc1NC(=O)CCCCCCC(=O)NCc1cccc(-c2cccc(C3OC(CN4CCN(c5ncccn5)CC4)CC(c4ccc(CO)cc4)O3)c2)c1. The second-order valence-corrected chi connectivity index (χ2v) is 15.3. The summed E-state index contributed by atoms with van der Waals surface area (Å²) in [6.07, 6.45) is 7.65. The summed E-state index contributed by atoms with van der Waals surface area (Å²) in [5, 5.41) is 15.6. The zero-order valence-electron chi connectivity index (χ0n) is 33.5. The molecule has 5 aromatic rings. The highest BCUT2D eigenvalue weighted by molar-refractivity contribution is 5.93. The van der Waals surface area contributed by atoms with Gasteiger partial charge in [0.25, 0.3) is 0 Å². The molecule has 3 atom stereocenters. The maximum absolute atomic E-state index is 12.7. The van der Waals surface area contributed by atoms with Crippen molar-refractivity contribution in [2.24, 2.45) is 0 Å². The van der Waals surface area contributed by atoms with Crippen molar-refractivity contribution in [3.63, 3.8) is 0 Å². The first-order valence-corrected chi connectivity index (χ1v) is 20.8. The molecule has 2 saturated heterocycles. The van der Waals surface area contributed by atoms with Crippen molar-refractivity contribution in [2.45, 2.75) is 76.6 Å². The Bertz CT molecular complexity index is 2110. The van der Waals surface area contributed by atoms with Gasteiger partial charge in [0.1, 0.15) is 0 Å². The number of piperazine rings is 1. The number of carbonyl (C=O) groups excluding carboxylic acids is 2. The van der Waals surface area contributed by atoms with Crippen LogP contribution in [0.5, 0.6) is 0 Å². The van der Waals surface area contributed by atoms with Crippen LogP contribution in [0.1, 0.15) is 79.6 Å². The van der Waals surface area contributed by atoms with Gasteiger partial charge in [0.2, 0.25) is 17.8 Å². The zero-order chi connectivity index (χ0) is 40.8. The first-order valence-electron chi connectivity index (χ1n) is 20.8. The third-order valence-corrected chi connectivity index (χ3v) is 11.0. The van der Waals surface area contributed by atoms with Crippen molar-refractivity contribution in [3.8, 4) is 11.1 Å². The van der Waals surface area contributed by atoms with E-state index in [2.05, 4.69) is 60.7 Å². The summed E-state index contributed by atoms with van der Waals surface area (Å²) in [4.78, 5) is 38.5. The minimum atomic E-state index is -0.566. The number of unbranched alkanes of at least 4 members (excludes halogenated alkanes) is 3. The van der Waals surface area contributed by atoms with E-state index < -0.39 is 6.29 Å². The number of para-hydroxylation sites is 2. The predicted molar refractivity (Wildman–Crippen MR) is 230 cm³/mol. The van der Waals surface area contributed by atoms with Crippen molar-refractivity contribution in [1.29, 1.82) is 0 Å². The highest BCUT2D eigenvalue weighted by atomic mass is 16.7. The van der Waals surface area contributed by atoms with Crippen molar-refractivity contribution in [3.05, 3.63) is 138 Å². The first kappa shape index (κ1) is 41.5. The van der Waals surface area contributed by atoms with E-state index in [9.17, 15) is 14.7 Å². The molecule has 0 aliphatic carbocycles. The molecule has 3 unspecified atom stereocenters. The summed E-state index contributed by atoms with van der Waals surface area (Å²) in [5.41, 5.74) is 13.1. The fraction of sp³-hybridized carbons (Fsp3) is 0.362. The second kappa shape index (κ2) is 20.9. The van der Waals surface area contributed by atoms with Gasteiger partial charge in [-0.15, -0.1) is 0 Å². The molecule has 0 bridgehead atoms. The molecule has 12 nitrogen and oxygen atoms in total. The lowest BCUT2D eigenvalue weighted by atomic mass is 9.98. The second-order valence-electron chi connectivity index (χ2n) is 15.3. The number of aliphatic hydroxyl groups excluding tert-OH is 1. The van der Waals surface area contributed by atoms with Gasteiger partial charge in [0.05, 0.1) is 30.2 Å². The number of hydrogen-bond acceptors (Lipinski definition) is 10. The smallest absolute Gasteiger partial charge is 0.225 e. The first-order chi connectivity index (χ1) is 28.9. The third-order valence-electron chi connectivity index (χ3n) is 11.0. The van der Waals surface area contributed by atoms with E-state index in [1.165, 1.54) is 0 Å². The van der Waals surface area contributed by atoms with Gasteiger partial charge < -0.3 is 35.8 Å². The topological polar surface area (TPSA) is 155 Å². The van der Waals surface area contributed by atoms with Crippen LogP contribution in [0, 0.1) is 0 Å². The molecular weight excluding hydrogens is 743 g/mol. The Kier molecular flexibility index (Phi) is 14.7. The number of nitrogen functional groups attached to an aromatic ring is 1. The number of aromatic nitrogens is 2. The molecule has 1 aromatic heterocycles. The normalized spacial score (nSPS) is 18.3. The molecule has 5 N–H and O–H groups in total. The summed E-state index contributed by atoms with van der Waals surface area (Å²) < 4.78 is 13.4. The highest BCUT2D eigenvalue weighted by Crippen LogP contribution is 2.39. The number of nitrogens with zero attached hydrogens (tertiary/aromatic N) is 4. The minimum Gasteiger partial charge on any atom is -0.397 e. The van der Waals surface area contributed by atoms with Crippen LogP contribution in [0.15, 0.2) is 116 Å². The Morgan fingerprint density at radius 3 is 2.19 bits per heavy atom. The van der Waals surface area contributed by atoms with Gasteiger partial charge in [0.15, 0.2) is 6.29 Å². The van der Waals surface area contributed by atoms with Gasteiger partial charge in [-0.3, -0.25) is 14.5 Å². The highest BCUT2D eigenvalue weighted by Gasteiger charge is 2.34. The molecule has 0 radical (unpaired) electrons. The van der Waals surface area contributed by atoms with Crippen LogP contribution >= 0.6 is 0 Å². The number of carbonyl (C=O) groups is 2. The van der Waals surface area contributed by atoms with Crippen molar-refractivity contribution < 1.29 is 24.2 Å². The molecule has 7 rings (SSSR count). The lowest BCUT2D eigenvalue weighted by Crippen LogP contribution is -2.50. The molecule has 4 aromatic carbocycles. The van der Waals surface area contributed by atoms with Crippen LogP contribution < -0.4 is 21.3 Å². The number of ether oxygens (including phenoxy) is 2. The fourth-order valence-corrected chi connectivity index (χ4v) is 7.67. The summed E-state index contributed by atoms with van der Waals surface area (Å²) in [6, 6.07) is 33.6. The number of nitrogens with two attached hydrogens (primary N) is 1. The molecule has 2 aliphatic rings. The molecule has 308 valence electrons. The summed E-state index contributed by atoms with van der Waals surface area (Å²) in [6.45, 7) is 4.70. The van der Waals surface area contributed by atoms with Crippen LogP contribution in [0.25, 0.3) is 11.1 Å². The van der Waals surface area contributed by atoms with E-state index >= 15 is 0 Å². The van der Waals surface area contributed by atoms with E-state index in [0.717, 1.165) is 97.7 Å². The molecule has 3 heterocycles. The number of hydrogen-bond donors (Lipinski definition) is 4. The maximum atomic E-state index is 12.7. The van der Waals surface area contributed by atoms with E-state index in [-0.39, 0.29) is 30.6 Å². The van der Waals surface area contributed by atoms with Crippen LogP contribution in [0.2, 0.25) is 0 Å². The Morgan fingerprint density at radius 1 is 0.729 bits per heavy atom. The average Bonchev–Trinajstić information content (AvgIpc) is 3.28. The van der Waals surface area contributed by atoms with Gasteiger partial charge in [0, 0.05) is 76.5 Å². The van der Waals surface area contributed by atoms with Crippen LogP contribution in [-0.2, 0) is 32.2 Å². The zero-order valence-corrected chi connectivity index (χ0v) is 33.5. The summed E-state index contributed by atoms with van der Waals surface area (Å²) in [7, 11) is 0. The fourth-order valence-electron chi connectivity index (χ4n) is 7.67. The van der Waals surface area contributed by atoms with E-state index in [1.807, 2.05) is 60.7 Å². The Morgan fingerprint density at radius 2 is 1.44 bits per heavy atom. The number of anilines is 3. The lowest BCUT2D eigenvalue weighted by molar-refractivity contribution is -0.253. The quantitative estimate of drug-likeness (QED) is 0.0562.